The van der Waals surface area contributed by atoms with Gasteiger partial charge in [0.15, 0.2) is 0 Å². The molecule has 8 nitrogen and oxygen atoms in total. The lowest BCUT2D eigenvalue weighted by atomic mass is 9.98. The number of fused-ring (bicyclic) bond motifs is 1. The molecule has 0 bridgehead atoms. The number of carbonyl (C=O) groups excluding carboxylic acids is 2. The standard InChI is InChI=1S/C34H33Cl2N5O3/c1-20-16-26-30(19-40(20)32(43)24-12-15-27(35)28(36)18-24)39-34(38-29(17-21-8-9-21)22-6-4-3-5-7-22)41(33(26)44)25-13-10-23(11-14-25)31(42)37-2/h3-7,10-15,18,20-21,29H,8-9,16-17,19H2,1-2H3,(H,37,42)(H,38,39)/t20-,29+/m1/s1. The Bertz CT molecular complexity index is 1770. The van der Waals surface area contributed by atoms with Crippen LogP contribution in [-0.2, 0) is 13.0 Å². The number of benzene rings is 3. The molecule has 0 unspecified atom stereocenters. The molecule has 2 aliphatic rings. The van der Waals surface area contributed by atoms with Crippen LogP contribution in [0.1, 0.15) is 69.8 Å². The topological polar surface area (TPSA) is 96.3 Å². The Morgan fingerprint density at radius 3 is 2.34 bits per heavy atom. The van der Waals surface area contributed by atoms with Crippen molar-refractivity contribution in [3.63, 3.8) is 0 Å². The number of nitrogens with zero attached hydrogens (tertiary/aromatic N) is 3. The predicted molar refractivity (Wildman–Crippen MR) is 173 cm³/mol. The number of amides is 2. The van der Waals surface area contributed by atoms with Crippen LogP contribution in [-0.4, -0.2) is 39.4 Å². The minimum Gasteiger partial charge on any atom is -0.355 e. The summed E-state index contributed by atoms with van der Waals surface area (Å²) in [5, 5.41) is 6.92. The van der Waals surface area contributed by atoms with Gasteiger partial charge in [-0.2, -0.15) is 0 Å². The quantitative estimate of drug-likeness (QED) is 0.234. The van der Waals surface area contributed by atoms with Gasteiger partial charge in [0, 0.05) is 29.8 Å². The lowest BCUT2D eigenvalue weighted by Crippen LogP contribution is -2.46. The van der Waals surface area contributed by atoms with E-state index in [0.29, 0.717) is 56.4 Å². The Balaban J connectivity index is 1.43. The fourth-order valence-electron chi connectivity index (χ4n) is 5.77. The molecule has 4 aromatic rings. The zero-order valence-corrected chi connectivity index (χ0v) is 26.0. The van der Waals surface area contributed by atoms with Gasteiger partial charge in [0.2, 0.25) is 5.95 Å². The second-order valence-corrected chi connectivity index (χ2v) is 12.3. The molecule has 3 aromatic carbocycles. The summed E-state index contributed by atoms with van der Waals surface area (Å²) in [6.45, 7) is 2.10. The minimum absolute atomic E-state index is 0.0681. The second kappa shape index (κ2) is 12.5. The van der Waals surface area contributed by atoms with Crippen molar-refractivity contribution in [2.24, 2.45) is 5.92 Å². The van der Waals surface area contributed by atoms with E-state index in [1.807, 2.05) is 25.1 Å². The monoisotopic (exact) mass is 629 g/mol. The van der Waals surface area contributed by atoms with E-state index in [4.69, 9.17) is 28.2 Å². The van der Waals surface area contributed by atoms with Crippen LogP contribution >= 0.6 is 23.2 Å². The van der Waals surface area contributed by atoms with Crippen LogP contribution in [0.3, 0.4) is 0 Å². The van der Waals surface area contributed by atoms with Crippen LogP contribution in [0, 0.1) is 5.92 Å². The van der Waals surface area contributed by atoms with Gasteiger partial charge in [-0.1, -0.05) is 66.4 Å². The highest BCUT2D eigenvalue weighted by molar-refractivity contribution is 6.42. The Labute approximate surface area is 266 Å². The molecule has 0 saturated heterocycles. The Morgan fingerprint density at radius 1 is 0.977 bits per heavy atom. The number of halogens is 2. The van der Waals surface area contributed by atoms with Gasteiger partial charge in [-0.05, 0) is 73.7 Å². The van der Waals surface area contributed by atoms with Crippen molar-refractivity contribution in [2.75, 3.05) is 12.4 Å². The molecular formula is C34H33Cl2N5O3. The number of anilines is 1. The van der Waals surface area contributed by atoms with Gasteiger partial charge in [-0.25, -0.2) is 9.55 Å². The number of carbonyl (C=O) groups is 2. The SMILES string of the molecule is CNC(=O)c1ccc(-n2c(N[C@@H](CC3CC3)c3ccccc3)nc3c(c2=O)C[C@@H](C)N(C(=O)c2ccc(Cl)c(Cl)c2)C3)cc1. The van der Waals surface area contributed by atoms with E-state index in [9.17, 15) is 14.4 Å². The molecule has 2 atom stereocenters. The van der Waals surface area contributed by atoms with Gasteiger partial charge in [0.1, 0.15) is 0 Å². The summed E-state index contributed by atoms with van der Waals surface area (Å²) >= 11 is 12.3. The molecule has 226 valence electrons. The van der Waals surface area contributed by atoms with Gasteiger partial charge in [-0.15, -0.1) is 0 Å². The third kappa shape index (κ3) is 6.10. The van der Waals surface area contributed by atoms with E-state index >= 15 is 0 Å². The molecule has 44 heavy (non-hydrogen) atoms. The van der Waals surface area contributed by atoms with Crippen LogP contribution in [0.2, 0.25) is 10.0 Å². The maximum absolute atomic E-state index is 14.3. The first-order valence-electron chi connectivity index (χ1n) is 14.8. The molecule has 0 radical (unpaired) electrons. The van der Waals surface area contributed by atoms with Crippen molar-refractivity contribution < 1.29 is 9.59 Å². The fourth-order valence-corrected chi connectivity index (χ4v) is 6.07. The Kier molecular flexibility index (Phi) is 8.47. The number of hydrogen-bond donors (Lipinski definition) is 2. The molecule has 1 saturated carbocycles. The summed E-state index contributed by atoms with van der Waals surface area (Å²) in [5.41, 5.74) is 3.54. The molecule has 2 N–H and O–H groups in total. The van der Waals surface area contributed by atoms with Crippen LogP contribution in [0.25, 0.3) is 5.69 Å². The van der Waals surface area contributed by atoms with Crippen molar-refractivity contribution in [3.05, 3.63) is 121 Å². The number of hydrogen-bond acceptors (Lipinski definition) is 5. The first-order valence-corrected chi connectivity index (χ1v) is 15.5. The highest BCUT2D eigenvalue weighted by Gasteiger charge is 2.33. The molecule has 1 fully saturated rings. The third-order valence-electron chi connectivity index (χ3n) is 8.43. The largest absolute Gasteiger partial charge is 0.355 e. The predicted octanol–water partition coefficient (Wildman–Crippen LogP) is 6.44. The van der Waals surface area contributed by atoms with Crippen molar-refractivity contribution in [2.45, 2.75) is 51.2 Å². The van der Waals surface area contributed by atoms with E-state index < -0.39 is 0 Å². The van der Waals surface area contributed by atoms with Crippen molar-refractivity contribution in [1.29, 1.82) is 0 Å². The van der Waals surface area contributed by atoms with Crippen LogP contribution in [0.4, 0.5) is 5.95 Å². The molecule has 1 aliphatic carbocycles. The summed E-state index contributed by atoms with van der Waals surface area (Å²) in [6, 6.07) is 21.6. The van der Waals surface area contributed by atoms with E-state index in [-0.39, 0.29) is 36.0 Å². The summed E-state index contributed by atoms with van der Waals surface area (Å²) in [4.78, 5) is 46.9. The summed E-state index contributed by atoms with van der Waals surface area (Å²) in [5.74, 6) is 0.591. The number of rotatable bonds is 8. The summed E-state index contributed by atoms with van der Waals surface area (Å²) in [6.07, 6.45) is 3.61. The average Bonchev–Trinajstić information content (AvgIpc) is 3.86. The molecule has 10 heteroatoms. The highest BCUT2D eigenvalue weighted by atomic mass is 35.5. The van der Waals surface area contributed by atoms with E-state index in [2.05, 4.69) is 22.8 Å². The smallest absolute Gasteiger partial charge is 0.263 e. The second-order valence-electron chi connectivity index (χ2n) is 11.5. The van der Waals surface area contributed by atoms with Crippen molar-refractivity contribution in [3.8, 4) is 5.69 Å². The Morgan fingerprint density at radius 2 is 1.68 bits per heavy atom. The lowest BCUT2D eigenvalue weighted by molar-refractivity contribution is 0.0653. The van der Waals surface area contributed by atoms with Crippen molar-refractivity contribution in [1.82, 2.24) is 19.8 Å². The maximum atomic E-state index is 14.3. The summed E-state index contributed by atoms with van der Waals surface area (Å²) < 4.78 is 1.60. The minimum atomic E-state index is -0.256. The number of nitrogens with one attached hydrogen (secondary N) is 2. The molecular weight excluding hydrogens is 597 g/mol. The van der Waals surface area contributed by atoms with E-state index in [1.165, 1.54) is 12.8 Å². The molecule has 0 spiro atoms. The molecule has 6 rings (SSSR count). The normalized spacial score (nSPS) is 16.6. The molecule has 1 aromatic heterocycles. The van der Waals surface area contributed by atoms with Gasteiger partial charge >= 0.3 is 0 Å². The average molecular weight is 631 g/mol. The van der Waals surface area contributed by atoms with Gasteiger partial charge < -0.3 is 15.5 Å². The Hall–Kier alpha value is -4.14. The molecule has 2 amide bonds. The van der Waals surface area contributed by atoms with Crippen LogP contribution < -0.4 is 16.2 Å². The van der Waals surface area contributed by atoms with Crippen molar-refractivity contribution >= 4 is 41.0 Å². The molecule has 2 heterocycles. The molecule has 1 aliphatic heterocycles. The van der Waals surface area contributed by atoms with Crippen LogP contribution in [0.15, 0.2) is 77.6 Å². The fraction of sp³-hybridized carbons (Fsp3) is 0.294. The van der Waals surface area contributed by atoms with Crippen LogP contribution in [0.5, 0.6) is 0 Å². The lowest BCUT2D eigenvalue weighted by Gasteiger charge is -2.35. The highest BCUT2D eigenvalue weighted by Crippen LogP contribution is 2.39. The first kappa shape index (κ1) is 29.9. The van der Waals surface area contributed by atoms with E-state index in [1.54, 1.807) is 59.0 Å². The summed E-state index contributed by atoms with van der Waals surface area (Å²) in [7, 11) is 1.58. The maximum Gasteiger partial charge on any atom is 0.263 e. The van der Waals surface area contributed by atoms with Gasteiger partial charge in [0.25, 0.3) is 17.4 Å². The number of aromatic nitrogens is 2. The first-order chi connectivity index (χ1) is 21.2. The van der Waals surface area contributed by atoms with Gasteiger partial charge in [-0.3, -0.25) is 14.4 Å². The zero-order chi connectivity index (χ0) is 31.0. The van der Waals surface area contributed by atoms with Gasteiger partial charge in [0.05, 0.1) is 34.0 Å². The zero-order valence-electron chi connectivity index (χ0n) is 24.5. The third-order valence-corrected chi connectivity index (χ3v) is 9.17. The van der Waals surface area contributed by atoms with E-state index in [0.717, 1.165) is 12.0 Å².